The smallest absolute Gasteiger partial charge is 0.462 e. The molecule has 0 saturated carbocycles. The van der Waals surface area contributed by atoms with Gasteiger partial charge in [-0.25, -0.2) is 9.13 Å². The lowest BCUT2D eigenvalue weighted by Gasteiger charge is -2.20. The number of allylic oxidation sites excluding steroid dienone is 4. The summed E-state index contributed by atoms with van der Waals surface area (Å²) in [4.78, 5) is 64.1. The van der Waals surface area contributed by atoms with E-state index in [1.54, 1.807) is 12.2 Å². The Morgan fingerprint density at radius 3 is 1.87 bits per heavy atom. The van der Waals surface area contributed by atoms with E-state index in [2.05, 4.69) is 29.8 Å². The molecule has 0 aromatic heterocycles. The Labute approximate surface area is 317 Å². The summed E-state index contributed by atoms with van der Waals surface area (Å²) in [6, 6.07) is 0. The number of carbonyl (C=O) groups is 3. The molecular formula is C37H68O14P2. The highest BCUT2D eigenvalue weighted by Crippen LogP contribution is 2.43. The van der Waals surface area contributed by atoms with Gasteiger partial charge in [-0.3, -0.25) is 28.0 Å². The third-order valence-corrected chi connectivity index (χ3v) is 9.79. The van der Waals surface area contributed by atoms with Gasteiger partial charge in [-0.2, -0.15) is 0 Å². The van der Waals surface area contributed by atoms with Gasteiger partial charge in [0, 0.05) is 19.3 Å². The molecule has 0 aromatic carbocycles. The van der Waals surface area contributed by atoms with Gasteiger partial charge in [0.05, 0.1) is 19.8 Å². The molecule has 0 spiro atoms. The minimum atomic E-state index is -4.87. The molecule has 2 unspecified atom stereocenters. The molecule has 0 saturated heterocycles. The standard InChI is InChI=1S/C37H68O14P2/c1-4-6-18-24-33(38)25-20-15-10-8-7-9-11-16-21-26-36(40)47-30-35(31-50-53(45,46)49-29-34(39)28-48-52(42,43)44)51-37(41)27-22-17-13-12-14-19-23-32(3)5-2/h10,15,20,25,32,34-35,39H,4-9,11-14,16-19,21-24,26-31H2,1-3H3,(H,45,46)(H2,42,43,44)/b15-10-,25-20+/t32?,34-,35+/m0/s1. The fourth-order valence-electron chi connectivity index (χ4n) is 4.95. The molecule has 0 bridgehead atoms. The summed E-state index contributed by atoms with van der Waals surface area (Å²) in [5.74, 6) is -0.213. The van der Waals surface area contributed by atoms with E-state index in [0.29, 0.717) is 19.3 Å². The van der Waals surface area contributed by atoms with Crippen LogP contribution in [0.15, 0.2) is 24.3 Å². The van der Waals surface area contributed by atoms with E-state index < -0.39 is 66.2 Å². The normalized spacial score (nSPS) is 15.0. The third-order valence-electron chi connectivity index (χ3n) is 8.35. The predicted octanol–water partition coefficient (Wildman–Crippen LogP) is 8.20. The molecule has 0 radical (unpaired) electrons. The number of ether oxygens (including phenoxy) is 2. The maximum Gasteiger partial charge on any atom is 0.472 e. The van der Waals surface area contributed by atoms with Gasteiger partial charge in [0.2, 0.25) is 0 Å². The number of ketones is 1. The van der Waals surface area contributed by atoms with E-state index in [-0.39, 0.29) is 18.6 Å². The minimum Gasteiger partial charge on any atom is -0.462 e. The van der Waals surface area contributed by atoms with Gasteiger partial charge in [-0.15, -0.1) is 0 Å². The zero-order chi connectivity index (χ0) is 39.8. The molecule has 0 aliphatic rings. The monoisotopic (exact) mass is 798 g/mol. The third kappa shape index (κ3) is 35.7. The van der Waals surface area contributed by atoms with Crippen molar-refractivity contribution >= 4 is 33.4 Å². The number of phosphoric acid groups is 2. The molecule has 0 amide bonds. The summed E-state index contributed by atoms with van der Waals surface area (Å²) in [6.45, 7) is 3.77. The van der Waals surface area contributed by atoms with E-state index in [9.17, 15) is 33.5 Å². The molecule has 0 aromatic rings. The number of hydrogen-bond donors (Lipinski definition) is 4. The van der Waals surface area contributed by atoms with Crippen LogP contribution in [0.2, 0.25) is 0 Å². The number of carbonyl (C=O) groups excluding carboxylic acids is 3. The molecule has 0 fully saturated rings. The first-order valence-corrected chi connectivity index (χ1v) is 22.4. The van der Waals surface area contributed by atoms with Crippen LogP contribution in [0, 0.1) is 5.92 Å². The van der Waals surface area contributed by atoms with Crippen molar-refractivity contribution in [3.8, 4) is 0 Å². The highest BCUT2D eigenvalue weighted by molar-refractivity contribution is 7.47. The molecule has 16 heteroatoms. The van der Waals surface area contributed by atoms with E-state index in [0.717, 1.165) is 83.0 Å². The number of aliphatic hydroxyl groups excluding tert-OH is 1. The van der Waals surface area contributed by atoms with Crippen molar-refractivity contribution in [1.29, 1.82) is 0 Å². The Hall–Kier alpha value is -1.73. The molecule has 310 valence electrons. The number of unbranched alkanes of at least 4 members (excludes halogenated alkanes) is 12. The van der Waals surface area contributed by atoms with E-state index in [1.807, 2.05) is 12.2 Å². The number of phosphoric ester groups is 2. The van der Waals surface area contributed by atoms with Crippen molar-refractivity contribution in [1.82, 2.24) is 0 Å². The van der Waals surface area contributed by atoms with Crippen molar-refractivity contribution in [3.63, 3.8) is 0 Å². The lowest BCUT2D eigenvalue weighted by molar-refractivity contribution is -0.161. The highest BCUT2D eigenvalue weighted by Gasteiger charge is 2.28. The van der Waals surface area contributed by atoms with Crippen molar-refractivity contribution in [2.24, 2.45) is 5.92 Å². The maximum absolute atomic E-state index is 12.6. The van der Waals surface area contributed by atoms with Crippen LogP contribution in [0.3, 0.4) is 0 Å². The first-order chi connectivity index (χ1) is 25.2. The van der Waals surface area contributed by atoms with Gasteiger partial charge >= 0.3 is 27.6 Å². The predicted molar refractivity (Wildman–Crippen MR) is 203 cm³/mol. The average molecular weight is 799 g/mol. The zero-order valence-electron chi connectivity index (χ0n) is 32.3. The largest absolute Gasteiger partial charge is 0.472 e. The highest BCUT2D eigenvalue weighted by atomic mass is 31.2. The second kappa shape index (κ2) is 32.5. The minimum absolute atomic E-state index is 0.113. The fourth-order valence-corrected chi connectivity index (χ4v) is 6.11. The summed E-state index contributed by atoms with van der Waals surface area (Å²) < 4.78 is 47.5. The van der Waals surface area contributed by atoms with E-state index in [1.165, 1.54) is 19.3 Å². The van der Waals surface area contributed by atoms with Crippen LogP contribution in [0.25, 0.3) is 0 Å². The fraction of sp³-hybridized carbons (Fsp3) is 0.811. The summed E-state index contributed by atoms with van der Waals surface area (Å²) in [5, 5.41) is 9.70. The maximum atomic E-state index is 12.6. The SMILES string of the molecule is CCCCCC(=O)/C=C/C=C\CCCCCCCC(=O)OC[C@H](COP(=O)(O)OC[C@@H](O)COP(=O)(O)O)OC(=O)CCCCCCCCC(C)CC. The van der Waals surface area contributed by atoms with Gasteiger partial charge in [0.25, 0.3) is 0 Å². The summed E-state index contributed by atoms with van der Waals surface area (Å²) in [7, 11) is -9.68. The van der Waals surface area contributed by atoms with Crippen LogP contribution in [-0.2, 0) is 46.6 Å². The van der Waals surface area contributed by atoms with E-state index >= 15 is 0 Å². The molecule has 14 nitrogen and oxygen atoms in total. The van der Waals surface area contributed by atoms with Crippen LogP contribution in [-0.4, -0.2) is 76.1 Å². The first kappa shape index (κ1) is 51.3. The van der Waals surface area contributed by atoms with Crippen molar-refractivity contribution < 1.29 is 66.3 Å². The lowest BCUT2D eigenvalue weighted by Crippen LogP contribution is -2.30. The van der Waals surface area contributed by atoms with Crippen LogP contribution in [0.4, 0.5) is 0 Å². The molecule has 0 heterocycles. The summed E-state index contributed by atoms with van der Waals surface area (Å²) >= 11 is 0. The van der Waals surface area contributed by atoms with Gasteiger partial charge in [-0.05, 0) is 44.1 Å². The van der Waals surface area contributed by atoms with Crippen LogP contribution in [0.5, 0.6) is 0 Å². The molecule has 0 rings (SSSR count). The Kier molecular flexibility index (Phi) is 31.4. The molecule has 0 aliphatic heterocycles. The Morgan fingerprint density at radius 2 is 1.23 bits per heavy atom. The summed E-state index contributed by atoms with van der Waals surface area (Å²) in [6.07, 6.45) is 21.9. The second-order valence-corrected chi connectivity index (χ2v) is 16.2. The number of esters is 2. The van der Waals surface area contributed by atoms with Crippen molar-refractivity contribution in [2.75, 3.05) is 26.4 Å². The van der Waals surface area contributed by atoms with Crippen LogP contribution in [0.1, 0.15) is 149 Å². The molecule has 4 N–H and O–H groups in total. The van der Waals surface area contributed by atoms with E-state index in [4.69, 9.17) is 23.8 Å². The topological polar surface area (TPSA) is 212 Å². The number of hydrogen-bond acceptors (Lipinski definition) is 11. The molecule has 0 aliphatic carbocycles. The Morgan fingerprint density at radius 1 is 0.660 bits per heavy atom. The van der Waals surface area contributed by atoms with Crippen molar-refractivity contribution in [3.05, 3.63) is 24.3 Å². The van der Waals surface area contributed by atoms with Gasteiger partial charge in [0.1, 0.15) is 12.7 Å². The van der Waals surface area contributed by atoms with Crippen LogP contribution < -0.4 is 0 Å². The Balaban J connectivity index is 4.63. The van der Waals surface area contributed by atoms with Crippen molar-refractivity contribution in [2.45, 2.75) is 161 Å². The number of aliphatic hydroxyl groups is 1. The molecular weight excluding hydrogens is 730 g/mol. The zero-order valence-corrected chi connectivity index (χ0v) is 34.1. The van der Waals surface area contributed by atoms with Gasteiger partial charge < -0.3 is 29.3 Å². The number of rotatable bonds is 36. The van der Waals surface area contributed by atoms with Gasteiger partial charge in [-0.1, -0.05) is 116 Å². The van der Waals surface area contributed by atoms with Gasteiger partial charge in [0.15, 0.2) is 11.9 Å². The quantitative estimate of drug-likeness (QED) is 0.0155. The average Bonchev–Trinajstić information content (AvgIpc) is 3.10. The van der Waals surface area contributed by atoms with Crippen LogP contribution >= 0.6 is 15.6 Å². The first-order valence-electron chi connectivity index (χ1n) is 19.4. The molecule has 53 heavy (non-hydrogen) atoms. The second-order valence-electron chi connectivity index (χ2n) is 13.5. The summed E-state index contributed by atoms with van der Waals surface area (Å²) in [5.41, 5.74) is 0. The Bertz CT molecular complexity index is 1120. The molecule has 4 atom stereocenters. The lowest BCUT2D eigenvalue weighted by atomic mass is 10.00.